The quantitative estimate of drug-likeness (QED) is 0.780. The summed E-state index contributed by atoms with van der Waals surface area (Å²) >= 11 is 0. The van der Waals surface area contributed by atoms with Crippen molar-refractivity contribution in [1.29, 1.82) is 0 Å². The number of aliphatic carboxylic acids is 1. The van der Waals surface area contributed by atoms with Gasteiger partial charge < -0.3 is 5.11 Å². The van der Waals surface area contributed by atoms with Crippen molar-refractivity contribution in [2.24, 2.45) is 5.41 Å². The van der Waals surface area contributed by atoms with Crippen molar-refractivity contribution >= 4 is 5.97 Å². The normalized spacial score (nSPS) is 11.6. The first-order valence-electron chi connectivity index (χ1n) is 4.73. The number of carboxylic acid groups (broad SMARTS) is 1. The van der Waals surface area contributed by atoms with Gasteiger partial charge in [0.15, 0.2) is 0 Å². The summed E-state index contributed by atoms with van der Waals surface area (Å²) in [5.74, 6) is -0.738. The lowest BCUT2D eigenvalue weighted by atomic mass is 9.88. The fraction of sp³-hybridized carbons (Fsp3) is 0.600. The highest BCUT2D eigenvalue weighted by molar-refractivity contribution is 5.73. The van der Waals surface area contributed by atoms with E-state index in [1.165, 1.54) is 0 Å². The molecule has 0 aliphatic rings. The number of nitrogens with zero attached hydrogens (tertiary/aromatic N) is 2. The number of aryl methyl sites for hydroxylation is 1. The Hall–Kier alpha value is -1.32. The van der Waals surface area contributed by atoms with Gasteiger partial charge in [0.2, 0.25) is 0 Å². The van der Waals surface area contributed by atoms with Crippen molar-refractivity contribution < 1.29 is 9.90 Å². The highest BCUT2D eigenvalue weighted by atomic mass is 16.4. The summed E-state index contributed by atoms with van der Waals surface area (Å²) in [5.41, 5.74) is -0.632. The Balaban J connectivity index is 2.31. The molecule has 0 amide bonds. The Morgan fingerprint density at radius 1 is 1.57 bits per heavy atom. The smallest absolute Gasteiger partial charge is 0.309 e. The lowest BCUT2D eigenvalue weighted by Gasteiger charge is -2.18. The molecule has 0 spiro atoms. The first-order valence-corrected chi connectivity index (χ1v) is 4.73. The van der Waals surface area contributed by atoms with Gasteiger partial charge in [-0.15, -0.1) is 0 Å². The third-order valence-corrected chi connectivity index (χ3v) is 2.33. The van der Waals surface area contributed by atoms with Crippen LogP contribution in [0.25, 0.3) is 0 Å². The first kappa shape index (κ1) is 10.8. The highest BCUT2D eigenvalue weighted by Crippen LogP contribution is 2.22. The van der Waals surface area contributed by atoms with Crippen LogP contribution in [-0.2, 0) is 11.3 Å². The molecule has 0 saturated carbocycles. The van der Waals surface area contributed by atoms with Gasteiger partial charge >= 0.3 is 5.97 Å². The highest BCUT2D eigenvalue weighted by Gasteiger charge is 2.26. The molecule has 0 fully saturated rings. The third kappa shape index (κ3) is 2.87. The van der Waals surface area contributed by atoms with E-state index >= 15 is 0 Å². The van der Waals surface area contributed by atoms with Crippen molar-refractivity contribution in [3.63, 3.8) is 0 Å². The Morgan fingerprint density at radius 2 is 2.29 bits per heavy atom. The summed E-state index contributed by atoms with van der Waals surface area (Å²) in [6, 6.07) is 1.86. The molecule has 78 valence electrons. The summed E-state index contributed by atoms with van der Waals surface area (Å²) in [7, 11) is 0. The predicted molar refractivity (Wildman–Crippen MR) is 52.9 cm³/mol. The maximum absolute atomic E-state index is 10.8. The molecular formula is C10H16N2O2. The average Bonchev–Trinajstić information content (AvgIpc) is 2.56. The van der Waals surface area contributed by atoms with Gasteiger partial charge in [-0.05, 0) is 32.8 Å². The minimum Gasteiger partial charge on any atom is -0.481 e. The topological polar surface area (TPSA) is 55.1 Å². The van der Waals surface area contributed by atoms with E-state index in [9.17, 15) is 4.79 Å². The number of hydrogen-bond donors (Lipinski definition) is 1. The van der Waals surface area contributed by atoms with E-state index < -0.39 is 11.4 Å². The zero-order valence-electron chi connectivity index (χ0n) is 8.60. The minimum atomic E-state index is -0.738. The molecule has 0 atom stereocenters. The van der Waals surface area contributed by atoms with Crippen molar-refractivity contribution in [3.05, 3.63) is 18.5 Å². The summed E-state index contributed by atoms with van der Waals surface area (Å²) in [4.78, 5) is 10.8. The molecule has 4 heteroatoms. The van der Waals surface area contributed by atoms with Crippen LogP contribution in [-0.4, -0.2) is 20.9 Å². The molecule has 14 heavy (non-hydrogen) atoms. The van der Waals surface area contributed by atoms with Crippen LogP contribution in [0.1, 0.15) is 26.7 Å². The van der Waals surface area contributed by atoms with Gasteiger partial charge in [-0.3, -0.25) is 9.48 Å². The Bertz CT molecular complexity index is 291. The largest absolute Gasteiger partial charge is 0.481 e. The average molecular weight is 196 g/mol. The second-order valence-corrected chi connectivity index (χ2v) is 4.06. The molecule has 0 aliphatic carbocycles. The maximum atomic E-state index is 10.8. The maximum Gasteiger partial charge on any atom is 0.309 e. The second kappa shape index (κ2) is 4.26. The van der Waals surface area contributed by atoms with Crippen LogP contribution in [0.5, 0.6) is 0 Å². The van der Waals surface area contributed by atoms with Gasteiger partial charge in [-0.25, -0.2) is 0 Å². The fourth-order valence-electron chi connectivity index (χ4n) is 1.22. The van der Waals surface area contributed by atoms with Gasteiger partial charge in [-0.2, -0.15) is 5.10 Å². The number of carbonyl (C=O) groups is 1. The Morgan fingerprint density at radius 3 is 2.79 bits per heavy atom. The van der Waals surface area contributed by atoms with Crippen LogP contribution in [0, 0.1) is 5.41 Å². The minimum absolute atomic E-state index is 0.632. The van der Waals surface area contributed by atoms with E-state index in [0.29, 0.717) is 6.42 Å². The lowest BCUT2D eigenvalue weighted by molar-refractivity contribution is -0.147. The van der Waals surface area contributed by atoms with E-state index in [1.807, 2.05) is 16.9 Å². The van der Waals surface area contributed by atoms with Gasteiger partial charge in [0, 0.05) is 18.9 Å². The lowest BCUT2D eigenvalue weighted by Crippen LogP contribution is -2.23. The Labute approximate surface area is 83.5 Å². The van der Waals surface area contributed by atoms with Crippen LogP contribution in [0.3, 0.4) is 0 Å². The van der Waals surface area contributed by atoms with Crippen molar-refractivity contribution in [2.75, 3.05) is 0 Å². The number of rotatable bonds is 5. The summed E-state index contributed by atoms with van der Waals surface area (Å²) < 4.78 is 1.82. The molecule has 1 aromatic heterocycles. The molecule has 1 heterocycles. The van der Waals surface area contributed by atoms with Crippen LogP contribution < -0.4 is 0 Å². The van der Waals surface area contributed by atoms with Gasteiger partial charge in [-0.1, -0.05) is 0 Å². The van der Waals surface area contributed by atoms with Crippen LogP contribution in [0.4, 0.5) is 0 Å². The molecule has 0 unspecified atom stereocenters. The Kier molecular flexibility index (Phi) is 3.28. The van der Waals surface area contributed by atoms with E-state index in [1.54, 1.807) is 20.0 Å². The molecule has 0 radical (unpaired) electrons. The molecule has 0 aromatic carbocycles. The molecule has 1 rings (SSSR count). The monoisotopic (exact) mass is 196 g/mol. The van der Waals surface area contributed by atoms with E-state index in [2.05, 4.69) is 5.10 Å². The SMILES string of the molecule is CC(C)(CCCn1cccn1)C(=O)O. The second-order valence-electron chi connectivity index (χ2n) is 4.06. The van der Waals surface area contributed by atoms with Gasteiger partial charge in [0.1, 0.15) is 0 Å². The van der Waals surface area contributed by atoms with Crippen LogP contribution in [0.2, 0.25) is 0 Å². The van der Waals surface area contributed by atoms with Crippen LogP contribution in [0.15, 0.2) is 18.5 Å². The fourth-order valence-corrected chi connectivity index (χ4v) is 1.22. The first-order chi connectivity index (χ1) is 6.52. The standard InChI is InChI=1S/C10H16N2O2/c1-10(2,9(13)14)5-3-7-12-8-4-6-11-12/h4,6,8H,3,5,7H2,1-2H3,(H,13,14). The van der Waals surface area contributed by atoms with E-state index in [-0.39, 0.29) is 0 Å². The van der Waals surface area contributed by atoms with Crippen molar-refractivity contribution in [1.82, 2.24) is 9.78 Å². The summed E-state index contributed by atoms with van der Waals surface area (Å²) in [5, 5.41) is 12.9. The van der Waals surface area contributed by atoms with Crippen molar-refractivity contribution in [2.45, 2.75) is 33.2 Å². The molecular weight excluding hydrogens is 180 g/mol. The molecule has 4 nitrogen and oxygen atoms in total. The van der Waals surface area contributed by atoms with Gasteiger partial charge in [0.05, 0.1) is 5.41 Å². The summed E-state index contributed by atoms with van der Waals surface area (Å²) in [6.45, 7) is 4.28. The van der Waals surface area contributed by atoms with E-state index in [4.69, 9.17) is 5.11 Å². The zero-order chi connectivity index (χ0) is 10.6. The summed E-state index contributed by atoms with van der Waals surface area (Å²) in [6.07, 6.45) is 5.11. The zero-order valence-corrected chi connectivity index (χ0v) is 8.60. The molecule has 0 bridgehead atoms. The van der Waals surface area contributed by atoms with Crippen LogP contribution >= 0.6 is 0 Å². The van der Waals surface area contributed by atoms with E-state index in [0.717, 1.165) is 13.0 Å². The molecule has 1 aromatic rings. The number of aromatic nitrogens is 2. The predicted octanol–water partition coefficient (Wildman–Crippen LogP) is 1.77. The third-order valence-electron chi connectivity index (χ3n) is 2.33. The van der Waals surface area contributed by atoms with Gasteiger partial charge in [0.25, 0.3) is 0 Å². The number of carboxylic acids is 1. The number of hydrogen-bond acceptors (Lipinski definition) is 2. The molecule has 1 N–H and O–H groups in total. The molecule has 0 aliphatic heterocycles. The van der Waals surface area contributed by atoms with Crippen molar-refractivity contribution in [3.8, 4) is 0 Å². The molecule has 0 saturated heterocycles.